The Hall–Kier alpha value is -1.87. The quantitative estimate of drug-likeness (QED) is 0.862. The van der Waals surface area contributed by atoms with Gasteiger partial charge in [-0.15, -0.1) is 0 Å². The maximum atomic E-state index is 5.48. The molecule has 0 fully saturated rings. The second kappa shape index (κ2) is 6.90. The largest absolute Gasteiger partial charge is 0.494 e. The van der Waals surface area contributed by atoms with Crippen molar-refractivity contribution in [3.63, 3.8) is 0 Å². The molecule has 1 aromatic heterocycles. The van der Waals surface area contributed by atoms with Crippen LogP contribution in [-0.2, 0) is 0 Å². The minimum absolute atomic E-state index is 0.198. The van der Waals surface area contributed by atoms with E-state index in [0.717, 1.165) is 12.3 Å². The first-order valence-electron chi connectivity index (χ1n) is 6.71. The molecule has 2 aromatic rings. The minimum atomic E-state index is 0.198. The van der Waals surface area contributed by atoms with Crippen LogP contribution in [-0.4, -0.2) is 18.1 Å². The molecule has 1 atom stereocenters. The van der Waals surface area contributed by atoms with Crippen LogP contribution in [0.3, 0.4) is 0 Å². The predicted molar refractivity (Wildman–Crippen MR) is 77.4 cm³/mol. The molecule has 1 unspecified atom stereocenters. The average molecular weight is 256 g/mol. The van der Waals surface area contributed by atoms with E-state index < -0.39 is 0 Å². The van der Waals surface area contributed by atoms with E-state index in [9.17, 15) is 0 Å². The van der Waals surface area contributed by atoms with Crippen LogP contribution in [0.25, 0.3) is 0 Å². The minimum Gasteiger partial charge on any atom is -0.494 e. The van der Waals surface area contributed by atoms with Crippen molar-refractivity contribution in [2.24, 2.45) is 0 Å². The Balaban J connectivity index is 2.24. The molecule has 0 aliphatic rings. The van der Waals surface area contributed by atoms with Gasteiger partial charge >= 0.3 is 0 Å². The number of pyridine rings is 1. The van der Waals surface area contributed by atoms with Crippen LogP contribution in [0, 0.1) is 0 Å². The van der Waals surface area contributed by atoms with Gasteiger partial charge in [-0.2, -0.15) is 0 Å². The summed E-state index contributed by atoms with van der Waals surface area (Å²) in [5.74, 6) is 0.913. The number of nitrogens with one attached hydrogen (secondary N) is 1. The molecule has 100 valence electrons. The van der Waals surface area contributed by atoms with Gasteiger partial charge in [0.05, 0.1) is 12.6 Å². The zero-order valence-electron chi connectivity index (χ0n) is 11.5. The number of ether oxygens (including phenoxy) is 1. The number of hydrogen-bond acceptors (Lipinski definition) is 3. The van der Waals surface area contributed by atoms with Crippen LogP contribution in [0.15, 0.2) is 48.8 Å². The molecule has 3 heteroatoms. The second-order valence-corrected chi connectivity index (χ2v) is 4.27. The highest BCUT2D eigenvalue weighted by Crippen LogP contribution is 2.23. The number of nitrogens with zero attached hydrogens (tertiary/aromatic N) is 1. The maximum Gasteiger partial charge on any atom is 0.119 e. The first-order valence-corrected chi connectivity index (χ1v) is 6.71. The molecule has 0 saturated carbocycles. The third-order valence-corrected chi connectivity index (χ3v) is 2.97. The number of hydrogen-bond donors (Lipinski definition) is 1. The Bertz CT molecular complexity index is 482. The van der Waals surface area contributed by atoms with Gasteiger partial charge in [-0.25, -0.2) is 0 Å². The van der Waals surface area contributed by atoms with Gasteiger partial charge < -0.3 is 10.1 Å². The van der Waals surface area contributed by atoms with E-state index in [4.69, 9.17) is 4.74 Å². The molecule has 1 heterocycles. The smallest absolute Gasteiger partial charge is 0.119 e. The Morgan fingerprint density at radius 2 is 1.63 bits per heavy atom. The predicted octanol–water partition coefficient (Wildman–Crippen LogP) is 3.18. The molecule has 0 aliphatic carbocycles. The highest BCUT2D eigenvalue weighted by Gasteiger charge is 2.12. The van der Waals surface area contributed by atoms with Crippen LogP contribution in [0.5, 0.6) is 5.75 Å². The third-order valence-electron chi connectivity index (χ3n) is 2.97. The Morgan fingerprint density at radius 3 is 2.21 bits per heavy atom. The molecule has 0 radical (unpaired) electrons. The van der Waals surface area contributed by atoms with Crippen molar-refractivity contribution in [3.8, 4) is 5.75 Å². The summed E-state index contributed by atoms with van der Waals surface area (Å²) in [7, 11) is 0. The number of rotatable bonds is 6. The summed E-state index contributed by atoms with van der Waals surface area (Å²) in [6.07, 6.45) is 3.66. The first-order chi connectivity index (χ1) is 9.35. The van der Waals surface area contributed by atoms with E-state index in [-0.39, 0.29) is 6.04 Å². The van der Waals surface area contributed by atoms with Crippen molar-refractivity contribution in [2.45, 2.75) is 19.9 Å². The molecule has 0 amide bonds. The average Bonchev–Trinajstić information content (AvgIpc) is 2.47. The molecule has 0 spiro atoms. The molecule has 2 rings (SSSR count). The third kappa shape index (κ3) is 3.55. The molecule has 1 N–H and O–H groups in total. The second-order valence-electron chi connectivity index (χ2n) is 4.27. The lowest BCUT2D eigenvalue weighted by Gasteiger charge is -2.19. The fraction of sp³-hybridized carbons (Fsp3) is 0.312. The van der Waals surface area contributed by atoms with Gasteiger partial charge in [-0.3, -0.25) is 4.98 Å². The molecular weight excluding hydrogens is 236 g/mol. The van der Waals surface area contributed by atoms with E-state index in [1.807, 2.05) is 43.6 Å². The van der Waals surface area contributed by atoms with Crippen molar-refractivity contribution < 1.29 is 4.74 Å². The summed E-state index contributed by atoms with van der Waals surface area (Å²) in [6, 6.07) is 12.5. The maximum absolute atomic E-state index is 5.48. The Labute approximate surface area is 114 Å². The molecular formula is C16H20N2O. The normalized spacial score (nSPS) is 12.1. The lowest BCUT2D eigenvalue weighted by Crippen LogP contribution is -2.21. The van der Waals surface area contributed by atoms with Crippen molar-refractivity contribution in [3.05, 3.63) is 59.9 Å². The summed E-state index contributed by atoms with van der Waals surface area (Å²) >= 11 is 0. The lowest BCUT2D eigenvalue weighted by atomic mass is 9.99. The topological polar surface area (TPSA) is 34.2 Å². The summed E-state index contributed by atoms with van der Waals surface area (Å²) in [6.45, 7) is 5.72. The summed E-state index contributed by atoms with van der Waals surface area (Å²) in [5.41, 5.74) is 2.46. The van der Waals surface area contributed by atoms with E-state index in [2.05, 4.69) is 29.4 Å². The zero-order chi connectivity index (χ0) is 13.5. The summed E-state index contributed by atoms with van der Waals surface area (Å²) < 4.78 is 5.48. The monoisotopic (exact) mass is 256 g/mol. The van der Waals surface area contributed by atoms with Crippen LogP contribution >= 0.6 is 0 Å². The van der Waals surface area contributed by atoms with Crippen LogP contribution < -0.4 is 10.1 Å². The van der Waals surface area contributed by atoms with Crippen molar-refractivity contribution in [1.29, 1.82) is 0 Å². The zero-order valence-corrected chi connectivity index (χ0v) is 11.5. The molecule has 19 heavy (non-hydrogen) atoms. The SMILES string of the molecule is CCNC(c1ccncc1)c1ccc(OCC)cc1. The van der Waals surface area contributed by atoms with Gasteiger partial charge in [0.15, 0.2) is 0 Å². The van der Waals surface area contributed by atoms with Gasteiger partial charge in [0, 0.05) is 12.4 Å². The van der Waals surface area contributed by atoms with Gasteiger partial charge in [-0.1, -0.05) is 19.1 Å². The van der Waals surface area contributed by atoms with Crippen LogP contribution in [0.4, 0.5) is 0 Å². The molecule has 0 saturated heterocycles. The van der Waals surface area contributed by atoms with E-state index in [0.29, 0.717) is 6.61 Å². The van der Waals surface area contributed by atoms with Gasteiger partial charge in [0.2, 0.25) is 0 Å². The fourth-order valence-corrected chi connectivity index (χ4v) is 2.11. The van der Waals surface area contributed by atoms with Crippen LogP contribution in [0.2, 0.25) is 0 Å². The Morgan fingerprint density at radius 1 is 1.00 bits per heavy atom. The molecule has 3 nitrogen and oxygen atoms in total. The first kappa shape index (κ1) is 13.6. The number of aromatic nitrogens is 1. The van der Waals surface area contributed by atoms with Crippen LogP contribution in [0.1, 0.15) is 31.0 Å². The Kier molecular flexibility index (Phi) is 4.93. The standard InChI is InChI=1S/C16H20N2O/c1-3-18-16(14-9-11-17-12-10-14)13-5-7-15(8-6-13)19-4-2/h5-12,16,18H,3-4H2,1-2H3. The summed E-state index contributed by atoms with van der Waals surface area (Å²) in [5, 5.41) is 3.50. The fourth-order valence-electron chi connectivity index (χ4n) is 2.11. The summed E-state index contributed by atoms with van der Waals surface area (Å²) in [4.78, 5) is 4.07. The van der Waals surface area contributed by atoms with Crippen molar-refractivity contribution in [1.82, 2.24) is 10.3 Å². The van der Waals surface area contributed by atoms with Gasteiger partial charge in [0.25, 0.3) is 0 Å². The lowest BCUT2D eigenvalue weighted by molar-refractivity contribution is 0.340. The van der Waals surface area contributed by atoms with Crippen molar-refractivity contribution in [2.75, 3.05) is 13.2 Å². The van der Waals surface area contributed by atoms with E-state index in [1.54, 1.807) is 0 Å². The van der Waals surface area contributed by atoms with Gasteiger partial charge in [0.1, 0.15) is 5.75 Å². The highest BCUT2D eigenvalue weighted by atomic mass is 16.5. The highest BCUT2D eigenvalue weighted by molar-refractivity contribution is 5.34. The number of benzene rings is 1. The van der Waals surface area contributed by atoms with Crippen molar-refractivity contribution >= 4 is 0 Å². The molecule has 1 aromatic carbocycles. The molecule has 0 aliphatic heterocycles. The van der Waals surface area contributed by atoms with E-state index in [1.165, 1.54) is 11.1 Å². The van der Waals surface area contributed by atoms with Gasteiger partial charge in [-0.05, 0) is 48.9 Å². The van der Waals surface area contributed by atoms with E-state index >= 15 is 0 Å². The molecule has 0 bridgehead atoms.